The van der Waals surface area contributed by atoms with E-state index in [1.807, 2.05) is 6.07 Å². The smallest absolute Gasteiger partial charge is 0.0991 e. The Morgan fingerprint density at radius 3 is 2.90 bits per heavy atom. The van der Waals surface area contributed by atoms with Gasteiger partial charge in [0.15, 0.2) is 0 Å². The monoisotopic (exact) mass is 291 g/mol. The molecule has 1 saturated carbocycles. The first-order valence-corrected chi connectivity index (χ1v) is 7.88. The second kappa shape index (κ2) is 7.36. The zero-order valence-electron chi connectivity index (χ0n) is 12.7. The number of methoxy groups -OCH3 is 1. The molecular weight excluding hydrogens is 266 g/mol. The van der Waals surface area contributed by atoms with E-state index >= 15 is 0 Å². The topological polar surface area (TPSA) is 30.9 Å². The van der Waals surface area contributed by atoms with E-state index in [9.17, 15) is 0 Å². The van der Waals surface area contributed by atoms with Crippen LogP contribution in [-0.2, 0) is 20.8 Å². The average molecular weight is 291 g/mol. The summed E-state index contributed by atoms with van der Waals surface area (Å²) in [4.78, 5) is 2.51. The Balaban J connectivity index is 1.43. The molecule has 1 saturated heterocycles. The van der Waals surface area contributed by atoms with Crippen LogP contribution < -0.4 is 0 Å². The molecule has 2 fully saturated rings. The molecule has 0 amide bonds. The third-order valence-electron chi connectivity index (χ3n) is 4.59. The molecule has 0 bridgehead atoms. The van der Waals surface area contributed by atoms with Gasteiger partial charge in [0.25, 0.3) is 0 Å². The highest BCUT2D eigenvalue weighted by molar-refractivity contribution is 5.13. The standard InChI is InChI=1S/C17H25NO3/c1-19-16-8-7-15-17(16)21-12-10-18(15)9-11-20-13-14-5-3-2-4-6-14/h2-6,15-17H,7-13H2,1H3/t15-,16-,17+/m0/s1. The molecule has 116 valence electrons. The number of ether oxygens (including phenoxy) is 3. The second-order valence-corrected chi connectivity index (χ2v) is 5.83. The lowest BCUT2D eigenvalue weighted by Gasteiger charge is -2.38. The van der Waals surface area contributed by atoms with Crippen molar-refractivity contribution in [3.63, 3.8) is 0 Å². The Bertz CT molecular complexity index is 425. The van der Waals surface area contributed by atoms with Crippen LogP contribution in [0.3, 0.4) is 0 Å². The highest BCUT2D eigenvalue weighted by Crippen LogP contribution is 2.31. The molecule has 4 heteroatoms. The van der Waals surface area contributed by atoms with Gasteiger partial charge in [-0.25, -0.2) is 0 Å². The summed E-state index contributed by atoms with van der Waals surface area (Å²) in [6.07, 6.45) is 2.79. The van der Waals surface area contributed by atoms with Crippen molar-refractivity contribution in [3.8, 4) is 0 Å². The molecule has 1 aromatic rings. The molecule has 0 unspecified atom stereocenters. The zero-order valence-corrected chi connectivity index (χ0v) is 12.7. The van der Waals surface area contributed by atoms with Crippen LogP contribution in [-0.4, -0.2) is 56.6 Å². The molecule has 0 radical (unpaired) electrons. The minimum absolute atomic E-state index is 0.248. The molecule has 1 aromatic carbocycles. The van der Waals surface area contributed by atoms with E-state index < -0.39 is 0 Å². The summed E-state index contributed by atoms with van der Waals surface area (Å²) in [5.41, 5.74) is 1.23. The SMILES string of the molecule is CO[C@H]1CC[C@H]2[C@H]1OCCN2CCOCc1ccccc1. The van der Waals surface area contributed by atoms with Gasteiger partial charge in [-0.15, -0.1) is 0 Å². The first-order valence-electron chi connectivity index (χ1n) is 7.88. The molecule has 1 heterocycles. The van der Waals surface area contributed by atoms with E-state index in [4.69, 9.17) is 14.2 Å². The van der Waals surface area contributed by atoms with E-state index in [1.54, 1.807) is 7.11 Å². The maximum absolute atomic E-state index is 5.90. The molecule has 0 aromatic heterocycles. The number of nitrogens with zero attached hydrogens (tertiary/aromatic N) is 1. The normalized spacial score (nSPS) is 29.5. The Labute approximate surface area is 127 Å². The molecule has 1 aliphatic heterocycles. The van der Waals surface area contributed by atoms with Crippen LogP contribution in [0.5, 0.6) is 0 Å². The van der Waals surface area contributed by atoms with Crippen LogP contribution in [0.15, 0.2) is 30.3 Å². The van der Waals surface area contributed by atoms with Crippen molar-refractivity contribution in [3.05, 3.63) is 35.9 Å². The summed E-state index contributed by atoms with van der Waals surface area (Å²) in [6.45, 7) is 4.26. The molecule has 4 nitrogen and oxygen atoms in total. The molecule has 1 aliphatic carbocycles. The number of benzene rings is 1. The summed E-state index contributed by atoms with van der Waals surface area (Å²) in [5.74, 6) is 0. The predicted octanol–water partition coefficient (Wildman–Crippen LogP) is 2.08. The number of rotatable bonds is 6. The number of hydrogen-bond acceptors (Lipinski definition) is 4. The summed E-state index contributed by atoms with van der Waals surface area (Å²) in [5, 5.41) is 0. The molecule has 0 N–H and O–H groups in total. The molecule has 2 aliphatic rings. The summed E-state index contributed by atoms with van der Waals surface area (Å²) >= 11 is 0. The van der Waals surface area contributed by atoms with Crippen LogP contribution in [0.2, 0.25) is 0 Å². The van der Waals surface area contributed by atoms with Gasteiger partial charge in [0.2, 0.25) is 0 Å². The minimum Gasteiger partial charge on any atom is -0.379 e. The van der Waals surface area contributed by atoms with Gasteiger partial charge in [0.1, 0.15) is 0 Å². The fourth-order valence-corrected chi connectivity index (χ4v) is 3.47. The van der Waals surface area contributed by atoms with Crippen molar-refractivity contribution in [2.45, 2.75) is 37.7 Å². The fraction of sp³-hybridized carbons (Fsp3) is 0.647. The van der Waals surface area contributed by atoms with Crippen LogP contribution >= 0.6 is 0 Å². The predicted molar refractivity (Wildman–Crippen MR) is 81.2 cm³/mol. The number of morpholine rings is 1. The lowest BCUT2D eigenvalue weighted by Crippen LogP contribution is -2.52. The van der Waals surface area contributed by atoms with Gasteiger partial charge in [0, 0.05) is 26.2 Å². The summed E-state index contributed by atoms with van der Waals surface area (Å²) in [7, 11) is 1.79. The fourth-order valence-electron chi connectivity index (χ4n) is 3.47. The summed E-state index contributed by atoms with van der Waals surface area (Å²) < 4.78 is 17.2. The van der Waals surface area contributed by atoms with Gasteiger partial charge >= 0.3 is 0 Å². The van der Waals surface area contributed by atoms with Crippen LogP contribution in [0.4, 0.5) is 0 Å². The van der Waals surface area contributed by atoms with Crippen LogP contribution in [0, 0.1) is 0 Å². The number of fused-ring (bicyclic) bond motifs is 1. The largest absolute Gasteiger partial charge is 0.379 e. The Kier molecular flexibility index (Phi) is 5.25. The lowest BCUT2D eigenvalue weighted by molar-refractivity contribution is -0.108. The van der Waals surface area contributed by atoms with E-state index in [0.717, 1.165) is 32.7 Å². The highest BCUT2D eigenvalue weighted by atomic mass is 16.5. The van der Waals surface area contributed by atoms with Gasteiger partial charge in [-0.1, -0.05) is 30.3 Å². The minimum atomic E-state index is 0.248. The number of hydrogen-bond donors (Lipinski definition) is 0. The van der Waals surface area contributed by atoms with Crippen molar-refractivity contribution in [1.82, 2.24) is 4.90 Å². The Hall–Kier alpha value is -0.940. The molecule has 21 heavy (non-hydrogen) atoms. The third-order valence-corrected chi connectivity index (χ3v) is 4.59. The van der Waals surface area contributed by atoms with Crippen molar-refractivity contribution in [1.29, 1.82) is 0 Å². The van der Waals surface area contributed by atoms with E-state index in [2.05, 4.69) is 29.2 Å². The van der Waals surface area contributed by atoms with Crippen LogP contribution in [0.1, 0.15) is 18.4 Å². The van der Waals surface area contributed by atoms with Gasteiger partial charge < -0.3 is 14.2 Å². The van der Waals surface area contributed by atoms with Gasteiger partial charge in [-0.2, -0.15) is 0 Å². The molecule has 3 atom stereocenters. The third kappa shape index (κ3) is 3.64. The first kappa shape index (κ1) is 15.0. The maximum atomic E-state index is 5.90. The van der Waals surface area contributed by atoms with Crippen molar-refractivity contribution >= 4 is 0 Å². The molecule has 3 rings (SSSR count). The van der Waals surface area contributed by atoms with E-state index in [0.29, 0.717) is 12.6 Å². The zero-order chi connectivity index (χ0) is 14.5. The average Bonchev–Trinajstić information content (AvgIpc) is 2.96. The van der Waals surface area contributed by atoms with Crippen molar-refractivity contribution in [2.24, 2.45) is 0 Å². The quantitative estimate of drug-likeness (QED) is 0.751. The first-order chi connectivity index (χ1) is 10.4. The van der Waals surface area contributed by atoms with E-state index in [-0.39, 0.29) is 12.2 Å². The van der Waals surface area contributed by atoms with E-state index in [1.165, 1.54) is 12.0 Å². The van der Waals surface area contributed by atoms with Crippen molar-refractivity contribution < 1.29 is 14.2 Å². The van der Waals surface area contributed by atoms with Gasteiger partial charge in [-0.05, 0) is 18.4 Å². The van der Waals surface area contributed by atoms with Gasteiger partial charge in [0.05, 0.1) is 32.0 Å². The Morgan fingerprint density at radius 1 is 1.24 bits per heavy atom. The van der Waals surface area contributed by atoms with Crippen molar-refractivity contribution in [2.75, 3.05) is 33.4 Å². The Morgan fingerprint density at radius 2 is 2.10 bits per heavy atom. The summed E-state index contributed by atoms with van der Waals surface area (Å²) in [6, 6.07) is 10.8. The highest BCUT2D eigenvalue weighted by Gasteiger charge is 2.42. The lowest BCUT2D eigenvalue weighted by atomic mass is 10.1. The molecule has 0 spiro atoms. The van der Waals surface area contributed by atoms with Crippen LogP contribution in [0.25, 0.3) is 0 Å². The molecular formula is C17H25NO3. The maximum Gasteiger partial charge on any atom is 0.0991 e. The van der Waals surface area contributed by atoms with Gasteiger partial charge in [-0.3, -0.25) is 4.90 Å². The second-order valence-electron chi connectivity index (χ2n) is 5.83.